The highest BCUT2D eigenvalue weighted by atomic mass is 32.2. The number of nitrogens with zero attached hydrogens (tertiary/aromatic N) is 5. The summed E-state index contributed by atoms with van der Waals surface area (Å²) in [7, 11) is -2.16. The van der Waals surface area contributed by atoms with Crippen LogP contribution in [0.1, 0.15) is 98.5 Å². The lowest BCUT2D eigenvalue weighted by Crippen LogP contribution is -2.21. The van der Waals surface area contributed by atoms with Crippen LogP contribution in [0.4, 0.5) is 17.1 Å². The first-order valence-electron chi connectivity index (χ1n) is 14.5. The number of carbonyl (C=O) groups is 1. The van der Waals surface area contributed by atoms with Crippen LogP contribution < -0.4 is 19.8 Å². The summed E-state index contributed by atoms with van der Waals surface area (Å²) in [4.78, 5) is 18.3. The Labute approximate surface area is 253 Å². The van der Waals surface area contributed by atoms with E-state index in [0.29, 0.717) is 29.8 Å². The quantitative estimate of drug-likeness (QED) is 0.285. The number of amides is 1. The number of aromatic nitrogens is 2. The number of ether oxygens (including phenoxy) is 1. The Morgan fingerprint density at radius 2 is 1.81 bits per heavy atom. The highest BCUT2D eigenvalue weighted by Crippen LogP contribution is 2.42. The molecular formula is C31H41N7O4S. The Morgan fingerprint density at radius 1 is 1.12 bits per heavy atom. The fourth-order valence-electron chi connectivity index (χ4n) is 5.33. The molecule has 0 bridgehead atoms. The molecule has 1 aliphatic carbocycles. The number of sulfonamides is 1. The van der Waals surface area contributed by atoms with Crippen LogP contribution in [0.3, 0.4) is 0 Å². The van der Waals surface area contributed by atoms with Crippen molar-refractivity contribution in [2.24, 2.45) is 10.3 Å². The molecule has 230 valence electrons. The summed E-state index contributed by atoms with van der Waals surface area (Å²) >= 11 is 0. The zero-order valence-electron chi connectivity index (χ0n) is 26.1. The van der Waals surface area contributed by atoms with Crippen LogP contribution in [0.5, 0.6) is 5.75 Å². The molecule has 2 heterocycles. The average Bonchev–Trinajstić information content (AvgIpc) is 3.45. The van der Waals surface area contributed by atoms with Crippen LogP contribution in [0.15, 0.2) is 46.9 Å². The minimum absolute atomic E-state index is 0.150. The van der Waals surface area contributed by atoms with E-state index in [4.69, 9.17) is 9.72 Å². The van der Waals surface area contributed by atoms with Gasteiger partial charge in [-0.15, -0.1) is 0 Å². The van der Waals surface area contributed by atoms with Crippen molar-refractivity contribution in [1.82, 2.24) is 9.55 Å². The van der Waals surface area contributed by atoms with E-state index in [1.54, 1.807) is 18.2 Å². The predicted octanol–water partition coefficient (Wildman–Crippen LogP) is 6.51. The van der Waals surface area contributed by atoms with Crippen LogP contribution >= 0.6 is 0 Å². The van der Waals surface area contributed by atoms with Crippen LogP contribution in [0, 0.1) is 6.92 Å². The molecule has 2 aromatic carbocycles. The van der Waals surface area contributed by atoms with Gasteiger partial charge in [0.2, 0.25) is 10.0 Å². The van der Waals surface area contributed by atoms with Crippen LogP contribution in [0.25, 0.3) is 0 Å². The van der Waals surface area contributed by atoms with E-state index < -0.39 is 10.0 Å². The molecule has 0 radical (unpaired) electrons. The average molecular weight is 608 g/mol. The van der Waals surface area contributed by atoms with E-state index in [1.807, 2.05) is 51.0 Å². The molecule has 0 spiro atoms. The van der Waals surface area contributed by atoms with Gasteiger partial charge in [0.25, 0.3) is 5.91 Å². The van der Waals surface area contributed by atoms with Crippen molar-refractivity contribution < 1.29 is 17.9 Å². The van der Waals surface area contributed by atoms with Gasteiger partial charge in [-0.1, -0.05) is 45.9 Å². The maximum atomic E-state index is 13.6. The third-order valence-corrected chi connectivity index (χ3v) is 8.31. The molecule has 0 saturated heterocycles. The number of carbonyl (C=O) groups excluding carboxylic acids is 1. The van der Waals surface area contributed by atoms with Crippen molar-refractivity contribution in [2.75, 3.05) is 35.0 Å². The molecule has 2 aliphatic rings. The van der Waals surface area contributed by atoms with Gasteiger partial charge in [0.05, 0.1) is 48.9 Å². The zero-order valence-corrected chi connectivity index (χ0v) is 26.9. The molecular weight excluding hydrogens is 566 g/mol. The number of aryl methyl sites for hydroxylation is 1. The normalized spacial score (nSPS) is 17.0. The fourth-order valence-corrected chi connectivity index (χ4v) is 5.88. The third kappa shape index (κ3) is 6.53. The number of nitrogens with one attached hydrogen (secondary N) is 2. The lowest BCUT2D eigenvalue weighted by atomic mass is 9.86. The van der Waals surface area contributed by atoms with Crippen LogP contribution in [0.2, 0.25) is 0 Å². The van der Waals surface area contributed by atoms with Gasteiger partial charge in [-0.3, -0.25) is 9.52 Å². The number of anilines is 3. The first kappa shape index (κ1) is 30.5. The fraction of sp³-hybridized carbons (Fsp3) is 0.484. The van der Waals surface area contributed by atoms with Crippen molar-refractivity contribution in [3.63, 3.8) is 0 Å². The van der Waals surface area contributed by atoms with E-state index in [9.17, 15) is 13.2 Å². The second kappa shape index (κ2) is 11.3. The zero-order chi connectivity index (χ0) is 31.3. The molecule has 1 atom stereocenters. The molecule has 1 aliphatic heterocycles. The second-order valence-electron chi connectivity index (χ2n) is 12.8. The monoisotopic (exact) mass is 607 g/mol. The third-order valence-electron chi connectivity index (χ3n) is 7.72. The molecule has 1 saturated carbocycles. The summed E-state index contributed by atoms with van der Waals surface area (Å²) in [6.45, 7) is 12.9. The highest BCUT2D eigenvalue weighted by Gasteiger charge is 2.34. The molecule has 12 heteroatoms. The highest BCUT2D eigenvalue weighted by molar-refractivity contribution is 7.92. The number of imidazole rings is 1. The van der Waals surface area contributed by atoms with Crippen molar-refractivity contribution in [3.8, 4) is 5.75 Å². The SMILES string of the molecule is COc1c(NC(=O)c2ccc(C)c(N3CC(c4cnc(C(C)C)n4C4CC4)N=N3)c2)cc(C(C)(C)C)cc1NS(C)(=O)=O. The van der Waals surface area contributed by atoms with Gasteiger partial charge in [0.1, 0.15) is 11.9 Å². The van der Waals surface area contributed by atoms with Gasteiger partial charge < -0.3 is 14.6 Å². The summed E-state index contributed by atoms with van der Waals surface area (Å²) in [5, 5.41) is 13.9. The first-order chi connectivity index (χ1) is 20.2. The van der Waals surface area contributed by atoms with Gasteiger partial charge in [-0.05, 0) is 60.6 Å². The van der Waals surface area contributed by atoms with Gasteiger partial charge in [-0.25, -0.2) is 18.4 Å². The summed E-state index contributed by atoms with van der Waals surface area (Å²) < 4.78 is 34.6. The summed E-state index contributed by atoms with van der Waals surface area (Å²) in [5.41, 5.74) is 4.37. The molecule has 3 aromatic rings. The Morgan fingerprint density at radius 3 is 2.42 bits per heavy atom. The van der Waals surface area contributed by atoms with Crippen molar-refractivity contribution in [3.05, 3.63) is 64.7 Å². The Bertz CT molecular complexity index is 1680. The molecule has 1 aromatic heterocycles. The van der Waals surface area contributed by atoms with Crippen molar-refractivity contribution in [2.45, 2.75) is 77.8 Å². The van der Waals surface area contributed by atoms with E-state index >= 15 is 0 Å². The molecule has 2 N–H and O–H groups in total. The second-order valence-corrected chi connectivity index (χ2v) is 14.5. The minimum Gasteiger partial charge on any atom is -0.492 e. The van der Waals surface area contributed by atoms with E-state index in [-0.39, 0.29) is 28.8 Å². The number of rotatable bonds is 9. The number of hydrogen-bond donors (Lipinski definition) is 2. The van der Waals surface area contributed by atoms with Gasteiger partial charge >= 0.3 is 0 Å². The molecule has 1 unspecified atom stereocenters. The van der Waals surface area contributed by atoms with E-state index in [0.717, 1.165) is 47.4 Å². The van der Waals surface area contributed by atoms with Crippen molar-refractivity contribution in [1.29, 1.82) is 0 Å². The number of benzene rings is 2. The molecule has 43 heavy (non-hydrogen) atoms. The molecule has 1 fully saturated rings. The van der Waals surface area contributed by atoms with E-state index in [1.165, 1.54) is 7.11 Å². The molecule has 5 rings (SSSR count). The Hall–Kier alpha value is -3.93. The maximum absolute atomic E-state index is 13.6. The van der Waals surface area contributed by atoms with Crippen LogP contribution in [-0.4, -0.2) is 43.8 Å². The van der Waals surface area contributed by atoms with Gasteiger partial charge in [-0.2, -0.15) is 5.11 Å². The maximum Gasteiger partial charge on any atom is 0.255 e. The lowest BCUT2D eigenvalue weighted by molar-refractivity contribution is 0.102. The lowest BCUT2D eigenvalue weighted by Gasteiger charge is -2.24. The Balaban J connectivity index is 1.41. The largest absolute Gasteiger partial charge is 0.492 e. The number of methoxy groups -OCH3 is 1. The first-order valence-corrected chi connectivity index (χ1v) is 16.4. The standard InChI is InChI=1S/C31H41N7O4S/c1-18(2)29-32-16-27(38(29)22-11-12-22)25-17-37(36-34-25)26-13-20(10-9-19(26)3)30(39)33-23-14-21(31(4,5)6)15-24(28(23)42-7)35-43(8,40)41/h9-10,13-16,18,22,25,35H,11-12,17H2,1-8H3,(H,33,39). The van der Waals surface area contributed by atoms with Crippen molar-refractivity contribution >= 4 is 33.0 Å². The predicted molar refractivity (Wildman–Crippen MR) is 169 cm³/mol. The minimum atomic E-state index is -3.59. The van der Waals surface area contributed by atoms with Gasteiger partial charge in [0.15, 0.2) is 5.75 Å². The number of hydrogen-bond acceptors (Lipinski definition) is 8. The van der Waals surface area contributed by atoms with Gasteiger partial charge in [0, 0.05) is 17.5 Å². The van der Waals surface area contributed by atoms with E-state index in [2.05, 4.69) is 38.8 Å². The summed E-state index contributed by atoms with van der Waals surface area (Å²) in [6.07, 6.45) is 5.32. The summed E-state index contributed by atoms with van der Waals surface area (Å²) in [6, 6.07) is 9.32. The van der Waals surface area contributed by atoms with Crippen LogP contribution in [-0.2, 0) is 15.4 Å². The molecule has 11 nitrogen and oxygen atoms in total. The topological polar surface area (TPSA) is 130 Å². The smallest absolute Gasteiger partial charge is 0.255 e. The molecule has 1 amide bonds. The summed E-state index contributed by atoms with van der Waals surface area (Å²) in [5.74, 6) is 1.27. The Kier molecular flexibility index (Phi) is 8.02.